The number of unbranched alkanes of at least 4 members (excludes halogenated alkanes) is 1. The van der Waals surface area contributed by atoms with Gasteiger partial charge in [0.05, 0.1) is 6.61 Å². The molecule has 0 saturated heterocycles. The molecule has 2 aromatic carbocycles. The van der Waals surface area contributed by atoms with Crippen LogP contribution in [-0.4, -0.2) is 6.61 Å². The molecule has 0 amide bonds. The molecule has 1 N–H and O–H groups in total. The predicted molar refractivity (Wildman–Crippen MR) is 85.4 cm³/mol. The highest BCUT2D eigenvalue weighted by molar-refractivity contribution is 5.45. The Hall–Kier alpha value is -1.96. The number of benzene rings is 2. The van der Waals surface area contributed by atoms with E-state index in [0.717, 1.165) is 31.0 Å². The Morgan fingerprint density at radius 3 is 2.30 bits per heavy atom. The van der Waals surface area contributed by atoms with Crippen LogP contribution in [0.2, 0.25) is 0 Å². The Morgan fingerprint density at radius 2 is 1.65 bits per heavy atom. The van der Waals surface area contributed by atoms with Crippen LogP contribution < -0.4 is 10.1 Å². The molecule has 0 atom stereocenters. The van der Waals surface area contributed by atoms with Gasteiger partial charge in [0, 0.05) is 12.2 Å². The van der Waals surface area contributed by atoms with Gasteiger partial charge in [0.25, 0.3) is 0 Å². The molecule has 0 fully saturated rings. The van der Waals surface area contributed by atoms with E-state index in [1.165, 1.54) is 17.5 Å². The molecule has 20 heavy (non-hydrogen) atoms. The minimum atomic E-state index is 0.803. The van der Waals surface area contributed by atoms with Gasteiger partial charge < -0.3 is 10.1 Å². The minimum Gasteiger partial charge on any atom is -0.494 e. The molecule has 0 aliphatic heterocycles. The van der Waals surface area contributed by atoms with Crippen LogP contribution in [0, 0.1) is 6.92 Å². The summed E-state index contributed by atoms with van der Waals surface area (Å²) in [4.78, 5) is 0. The first kappa shape index (κ1) is 14.4. The fourth-order valence-electron chi connectivity index (χ4n) is 1.91. The maximum atomic E-state index is 5.66. The molecule has 0 bridgehead atoms. The summed E-state index contributed by atoms with van der Waals surface area (Å²) in [5.74, 6) is 0.956. The standard InChI is InChI=1S/C18H23NO/c1-3-4-13-20-18-11-7-16(8-12-18)14-19-17-9-5-15(2)6-10-17/h5-12,19H,3-4,13-14H2,1-2H3. The summed E-state index contributed by atoms with van der Waals surface area (Å²) in [6.07, 6.45) is 2.27. The maximum absolute atomic E-state index is 5.66. The van der Waals surface area contributed by atoms with Crippen LogP contribution in [0.4, 0.5) is 5.69 Å². The van der Waals surface area contributed by atoms with Gasteiger partial charge in [0.1, 0.15) is 5.75 Å². The molecule has 2 aromatic rings. The van der Waals surface area contributed by atoms with Crippen LogP contribution in [0.5, 0.6) is 5.75 Å². The third-order valence-corrected chi connectivity index (χ3v) is 3.24. The van der Waals surface area contributed by atoms with Gasteiger partial charge in [-0.1, -0.05) is 43.2 Å². The highest BCUT2D eigenvalue weighted by Gasteiger charge is 1.96. The molecular formula is C18H23NO. The molecule has 0 aliphatic rings. The van der Waals surface area contributed by atoms with E-state index in [0.29, 0.717) is 0 Å². The smallest absolute Gasteiger partial charge is 0.119 e. The molecule has 0 spiro atoms. The average molecular weight is 269 g/mol. The van der Waals surface area contributed by atoms with E-state index < -0.39 is 0 Å². The SMILES string of the molecule is CCCCOc1ccc(CNc2ccc(C)cc2)cc1. The summed E-state index contributed by atoms with van der Waals surface area (Å²) in [7, 11) is 0. The number of rotatable bonds is 7. The molecule has 106 valence electrons. The average Bonchev–Trinajstić information content (AvgIpc) is 2.48. The lowest BCUT2D eigenvalue weighted by molar-refractivity contribution is 0.309. The van der Waals surface area contributed by atoms with Crippen LogP contribution >= 0.6 is 0 Å². The van der Waals surface area contributed by atoms with Crippen molar-refractivity contribution in [2.24, 2.45) is 0 Å². The van der Waals surface area contributed by atoms with E-state index in [2.05, 4.69) is 55.6 Å². The first-order valence-corrected chi connectivity index (χ1v) is 7.30. The summed E-state index contributed by atoms with van der Waals surface area (Å²) >= 11 is 0. The normalized spacial score (nSPS) is 10.3. The fourth-order valence-corrected chi connectivity index (χ4v) is 1.91. The largest absolute Gasteiger partial charge is 0.494 e. The molecule has 0 aliphatic carbocycles. The zero-order chi connectivity index (χ0) is 14.2. The van der Waals surface area contributed by atoms with Crippen molar-refractivity contribution in [1.82, 2.24) is 0 Å². The second kappa shape index (κ2) is 7.59. The van der Waals surface area contributed by atoms with E-state index >= 15 is 0 Å². The molecule has 0 heterocycles. The fraction of sp³-hybridized carbons (Fsp3) is 0.333. The van der Waals surface area contributed by atoms with Crippen LogP contribution in [0.25, 0.3) is 0 Å². The first-order valence-electron chi connectivity index (χ1n) is 7.30. The summed E-state index contributed by atoms with van der Waals surface area (Å²) < 4.78 is 5.66. The highest BCUT2D eigenvalue weighted by Crippen LogP contribution is 2.15. The molecule has 2 nitrogen and oxygen atoms in total. The number of ether oxygens (including phenoxy) is 1. The minimum absolute atomic E-state index is 0.803. The quantitative estimate of drug-likeness (QED) is 0.730. The lowest BCUT2D eigenvalue weighted by atomic mass is 10.2. The molecular weight excluding hydrogens is 246 g/mol. The van der Waals surface area contributed by atoms with Gasteiger partial charge in [-0.2, -0.15) is 0 Å². The van der Waals surface area contributed by atoms with E-state index in [-0.39, 0.29) is 0 Å². The Morgan fingerprint density at radius 1 is 0.950 bits per heavy atom. The molecule has 0 radical (unpaired) electrons. The lowest BCUT2D eigenvalue weighted by Gasteiger charge is -2.09. The van der Waals surface area contributed by atoms with Gasteiger partial charge in [-0.3, -0.25) is 0 Å². The maximum Gasteiger partial charge on any atom is 0.119 e. The Labute approximate surface area is 121 Å². The van der Waals surface area contributed by atoms with Crippen molar-refractivity contribution in [3.05, 3.63) is 59.7 Å². The summed E-state index contributed by atoms with van der Waals surface area (Å²) in [6, 6.07) is 16.8. The van der Waals surface area contributed by atoms with Gasteiger partial charge in [-0.15, -0.1) is 0 Å². The monoisotopic (exact) mass is 269 g/mol. The Kier molecular flexibility index (Phi) is 5.48. The summed E-state index contributed by atoms with van der Waals surface area (Å²) in [5, 5.41) is 3.42. The van der Waals surface area contributed by atoms with Crippen molar-refractivity contribution >= 4 is 5.69 Å². The van der Waals surface area contributed by atoms with Gasteiger partial charge in [0.15, 0.2) is 0 Å². The van der Waals surface area contributed by atoms with Gasteiger partial charge in [-0.25, -0.2) is 0 Å². The molecule has 2 rings (SSSR count). The second-order valence-electron chi connectivity index (χ2n) is 5.07. The topological polar surface area (TPSA) is 21.3 Å². The molecule has 0 aromatic heterocycles. The van der Waals surface area contributed by atoms with Crippen molar-refractivity contribution in [1.29, 1.82) is 0 Å². The summed E-state index contributed by atoms with van der Waals surface area (Å²) in [6.45, 7) is 5.90. The summed E-state index contributed by atoms with van der Waals surface area (Å²) in [5.41, 5.74) is 3.69. The van der Waals surface area contributed by atoms with E-state index in [9.17, 15) is 0 Å². The molecule has 2 heteroatoms. The van der Waals surface area contributed by atoms with Crippen LogP contribution in [0.15, 0.2) is 48.5 Å². The van der Waals surface area contributed by atoms with Gasteiger partial charge in [0.2, 0.25) is 0 Å². The predicted octanol–water partition coefficient (Wildman–Crippen LogP) is 4.79. The van der Waals surface area contributed by atoms with Crippen molar-refractivity contribution in [3.63, 3.8) is 0 Å². The molecule has 0 saturated carbocycles. The number of anilines is 1. The second-order valence-corrected chi connectivity index (χ2v) is 5.07. The van der Waals surface area contributed by atoms with E-state index in [1.807, 2.05) is 12.1 Å². The number of nitrogens with one attached hydrogen (secondary N) is 1. The van der Waals surface area contributed by atoms with Crippen molar-refractivity contribution in [3.8, 4) is 5.75 Å². The number of hydrogen-bond donors (Lipinski definition) is 1. The van der Waals surface area contributed by atoms with E-state index in [1.54, 1.807) is 0 Å². The van der Waals surface area contributed by atoms with Gasteiger partial charge >= 0.3 is 0 Å². The van der Waals surface area contributed by atoms with Crippen LogP contribution in [0.1, 0.15) is 30.9 Å². The van der Waals surface area contributed by atoms with Crippen LogP contribution in [0.3, 0.4) is 0 Å². The van der Waals surface area contributed by atoms with E-state index in [4.69, 9.17) is 4.74 Å². The Balaban J connectivity index is 1.82. The van der Waals surface area contributed by atoms with Crippen molar-refractivity contribution in [2.75, 3.05) is 11.9 Å². The van der Waals surface area contributed by atoms with Crippen molar-refractivity contribution in [2.45, 2.75) is 33.2 Å². The van der Waals surface area contributed by atoms with Gasteiger partial charge in [-0.05, 0) is 43.2 Å². The number of aryl methyl sites for hydroxylation is 1. The third kappa shape index (κ3) is 4.61. The Bertz CT molecular complexity index is 502. The zero-order valence-electron chi connectivity index (χ0n) is 12.4. The lowest BCUT2D eigenvalue weighted by Crippen LogP contribution is -2.00. The number of hydrogen-bond acceptors (Lipinski definition) is 2. The highest BCUT2D eigenvalue weighted by atomic mass is 16.5. The zero-order valence-corrected chi connectivity index (χ0v) is 12.4. The van der Waals surface area contributed by atoms with Crippen molar-refractivity contribution < 1.29 is 4.74 Å². The van der Waals surface area contributed by atoms with Crippen LogP contribution in [-0.2, 0) is 6.54 Å². The third-order valence-electron chi connectivity index (χ3n) is 3.24. The first-order chi connectivity index (χ1) is 9.78. The molecule has 0 unspecified atom stereocenters.